The summed E-state index contributed by atoms with van der Waals surface area (Å²) >= 11 is 0. The number of amides is 2. The van der Waals surface area contributed by atoms with Crippen LogP contribution in [0.1, 0.15) is 43.1 Å². The summed E-state index contributed by atoms with van der Waals surface area (Å²) in [6.07, 6.45) is 0.627. The van der Waals surface area contributed by atoms with E-state index >= 15 is 0 Å². The van der Waals surface area contributed by atoms with Crippen molar-refractivity contribution in [3.63, 3.8) is 0 Å². The third-order valence-corrected chi connectivity index (χ3v) is 6.15. The monoisotopic (exact) mass is 548 g/mol. The third-order valence-electron chi connectivity index (χ3n) is 6.15. The van der Waals surface area contributed by atoms with Gasteiger partial charge in [-0.1, -0.05) is 17.7 Å². The number of carbonyl (C=O) groups is 2. The first-order valence-corrected chi connectivity index (χ1v) is 13.6. The maximum atomic E-state index is 13.3. The number of anilines is 2. The average molecular weight is 549 g/mol. The van der Waals surface area contributed by atoms with Gasteiger partial charge in [0, 0.05) is 17.8 Å². The van der Waals surface area contributed by atoms with Crippen LogP contribution in [0.15, 0.2) is 54.6 Å². The van der Waals surface area contributed by atoms with E-state index in [1.165, 1.54) is 0 Å². The molecule has 212 valence electrons. The highest BCUT2D eigenvalue weighted by atomic mass is 16.5. The zero-order valence-corrected chi connectivity index (χ0v) is 23.5. The van der Waals surface area contributed by atoms with Gasteiger partial charge in [-0.25, -0.2) is 0 Å². The van der Waals surface area contributed by atoms with Gasteiger partial charge < -0.3 is 33.9 Å². The standard InChI is InChI=1S/C31H36N2O7/c1-5-36-27-17-22(18-28(37-6-2)30(27)38-7-3)31(35)32-23-11-14-26-25(19-23)33(29(34)20-40-26)15-8-16-39-24-12-9-21(4)10-13-24/h9-14,17-19H,5-8,15-16,20H2,1-4H3,(H,32,35). The van der Waals surface area contributed by atoms with Crippen molar-refractivity contribution in [2.24, 2.45) is 0 Å². The van der Waals surface area contributed by atoms with Gasteiger partial charge in [-0.2, -0.15) is 0 Å². The molecule has 3 aromatic carbocycles. The van der Waals surface area contributed by atoms with Crippen LogP contribution in [-0.4, -0.2) is 51.4 Å². The second-order valence-corrected chi connectivity index (χ2v) is 9.09. The first kappa shape index (κ1) is 28.6. The summed E-state index contributed by atoms with van der Waals surface area (Å²) in [5.74, 6) is 2.20. The lowest BCUT2D eigenvalue weighted by atomic mass is 10.1. The predicted molar refractivity (Wildman–Crippen MR) is 153 cm³/mol. The van der Waals surface area contributed by atoms with Crippen molar-refractivity contribution in [3.05, 3.63) is 65.7 Å². The summed E-state index contributed by atoms with van der Waals surface area (Å²) in [6, 6.07) is 16.4. The van der Waals surface area contributed by atoms with E-state index in [0.717, 1.165) is 11.3 Å². The molecule has 2 amide bonds. The van der Waals surface area contributed by atoms with Crippen LogP contribution >= 0.6 is 0 Å². The molecule has 0 spiro atoms. The maximum absolute atomic E-state index is 13.3. The average Bonchev–Trinajstić information content (AvgIpc) is 2.95. The van der Waals surface area contributed by atoms with Gasteiger partial charge in [-0.05, 0) is 76.6 Å². The van der Waals surface area contributed by atoms with Crippen LogP contribution in [0.2, 0.25) is 0 Å². The lowest BCUT2D eigenvalue weighted by molar-refractivity contribution is -0.121. The number of fused-ring (bicyclic) bond motifs is 1. The Morgan fingerprint density at radius 2 is 1.57 bits per heavy atom. The number of nitrogens with zero attached hydrogens (tertiary/aromatic N) is 1. The van der Waals surface area contributed by atoms with Gasteiger partial charge in [0.2, 0.25) is 5.75 Å². The van der Waals surface area contributed by atoms with Crippen molar-refractivity contribution in [1.82, 2.24) is 0 Å². The molecule has 0 radical (unpaired) electrons. The number of nitrogens with one attached hydrogen (secondary N) is 1. The largest absolute Gasteiger partial charge is 0.494 e. The summed E-state index contributed by atoms with van der Waals surface area (Å²) in [5.41, 5.74) is 2.64. The number of carbonyl (C=O) groups excluding carboxylic acids is 2. The van der Waals surface area contributed by atoms with Gasteiger partial charge in [0.1, 0.15) is 11.5 Å². The van der Waals surface area contributed by atoms with E-state index in [1.807, 2.05) is 52.0 Å². The minimum atomic E-state index is -0.356. The lowest BCUT2D eigenvalue weighted by Gasteiger charge is -2.30. The fourth-order valence-corrected chi connectivity index (χ4v) is 4.30. The Morgan fingerprint density at radius 1 is 0.900 bits per heavy atom. The molecule has 0 saturated carbocycles. The minimum absolute atomic E-state index is 0.0376. The number of hydrogen-bond acceptors (Lipinski definition) is 7. The van der Waals surface area contributed by atoms with E-state index in [-0.39, 0.29) is 18.4 Å². The van der Waals surface area contributed by atoms with E-state index in [4.69, 9.17) is 23.7 Å². The molecule has 0 atom stereocenters. The van der Waals surface area contributed by atoms with Crippen LogP contribution in [0.3, 0.4) is 0 Å². The highest BCUT2D eigenvalue weighted by Gasteiger charge is 2.26. The molecule has 1 heterocycles. The van der Waals surface area contributed by atoms with Gasteiger partial charge in [0.05, 0.1) is 32.1 Å². The van der Waals surface area contributed by atoms with Crippen molar-refractivity contribution in [2.75, 3.05) is 49.8 Å². The van der Waals surface area contributed by atoms with Crippen LogP contribution in [-0.2, 0) is 4.79 Å². The Labute approximate surface area is 234 Å². The second-order valence-electron chi connectivity index (χ2n) is 9.09. The number of aryl methyl sites for hydroxylation is 1. The summed E-state index contributed by atoms with van der Waals surface area (Å²) in [7, 11) is 0. The molecular formula is C31H36N2O7. The van der Waals surface area contributed by atoms with Crippen LogP contribution in [0, 0.1) is 6.92 Å². The Morgan fingerprint density at radius 3 is 2.23 bits per heavy atom. The molecule has 9 heteroatoms. The molecule has 0 aliphatic carbocycles. The van der Waals surface area contributed by atoms with Gasteiger partial charge in [0.15, 0.2) is 18.1 Å². The van der Waals surface area contributed by atoms with Gasteiger partial charge in [0.25, 0.3) is 11.8 Å². The van der Waals surface area contributed by atoms with Crippen LogP contribution in [0.5, 0.6) is 28.7 Å². The molecule has 3 aromatic rings. The molecule has 1 aliphatic heterocycles. The molecule has 1 N–H and O–H groups in total. The van der Waals surface area contributed by atoms with Crippen molar-refractivity contribution in [3.8, 4) is 28.7 Å². The van der Waals surface area contributed by atoms with Gasteiger partial charge in [-0.15, -0.1) is 0 Å². The molecule has 40 heavy (non-hydrogen) atoms. The number of ether oxygens (including phenoxy) is 5. The van der Waals surface area contributed by atoms with Crippen molar-refractivity contribution in [1.29, 1.82) is 0 Å². The van der Waals surface area contributed by atoms with Crippen molar-refractivity contribution < 1.29 is 33.3 Å². The fraction of sp³-hybridized carbons (Fsp3) is 0.355. The molecule has 4 rings (SSSR count). The maximum Gasteiger partial charge on any atom is 0.265 e. The summed E-state index contributed by atoms with van der Waals surface area (Å²) in [4.78, 5) is 27.7. The molecule has 0 unspecified atom stereocenters. The molecule has 1 aliphatic rings. The smallest absolute Gasteiger partial charge is 0.265 e. The zero-order valence-electron chi connectivity index (χ0n) is 23.5. The van der Waals surface area contributed by atoms with E-state index in [9.17, 15) is 9.59 Å². The zero-order chi connectivity index (χ0) is 28.5. The highest BCUT2D eigenvalue weighted by Crippen LogP contribution is 2.40. The Kier molecular flexibility index (Phi) is 9.72. The second kappa shape index (κ2) is 13.6. The first-order chi connectivity index (χ1) is 19.4. The predicted octanol–water partition coefficient (Wildman–Crippen LogP) is 5.64. The highest BCUT2D eigenvalue weighted by molar-refractivity contribution is 6.06. The van der Waals surface area contributed by atoms with Crippen molar-refractivity contribution in [2.45, 2.75) is 34.1 Å². The minimum Gasteiger partial charge on any atom is -0.494 e. The number of benzene rings is 3. The van der Waals surface area contributed by atoms with Crippen molar-refractivity contribution >= 4 is 23.2 Å². The molecule has 9 nitrogen and oxygen atoms in total. The summed E-state index contributed by atoms with van der Waals surface area (Å²) < 4.78 is 28.7. The van der Waals surface area contributed by atoms with Crippen LogP contribution < -0.4 is 33.9 Å². The topological polar surface area (TPSA) is 95.6 Å². The number of hydrogen-bond donors (Lipinski definition) is 1. The van der Waals surface area contributed by atoms with E-state index < -0.39 is 0 Å². The van der Waals surface area contributed by atoms with Gasteiger partial charge >= 0.3 is 0 Å². The lowest BCUT2D eigenvalue weighted by Crippen LogP contribution is -2.39. The Hall–Kier alpha value is -4.40. The quantitative estimate of drug-likeness (QED) is 0.276. The first-order valence-electron chi connectivity index (χ1n) is 13.6. The molecular weight excluding hydrogens is 512 g/mol. The third kappa shape index (κ3) is 6.97. The molecule has 0 fully saturated rings. The SMILES string of the molecule is CCOc1cc(C(=O)Nc2ccc3c(c2)N(CCCOc2ccc(C)cc2)C(=O)CO3)cc(OCC)c1OCC. The van der Waals surface area contributed by atoms with E-state index in [1.54, 1.807) is 35.2 Å². The summed E-state index contributed by atoms with van der Waals surface area (Å²) in [5, 5.41) is 2.92. The summed E-state index contributed by atoms with van der Waals surface area (Å²) in [6.45, 7) is 9.73. The fourth-order valence-electron chi connectivity index (χ4n) is 4.30. The van der Waals surface area contributed by atoms with Gasteiger partial charge in [-0.3, -0.25) is 9.59 Å². The Balaban J connectivity index is 1.49. The molecule has 0 saturated heterocycles. The van der Waals surface area contributed by atoms with Crippen LogP contribution in [0.25, 0.3) is 0 Å². The van der Waals surface area contributed by atoms with Crippen LogP contribution in [0.4, 0.5) is 11.4 Å². The van der Waals surface area contributed by atoms with E-state index in [0.29, 0.717) is 79.3 Å². The molecule has 0 aromatic heterocycles. The molecule has 0 bridgehead atoms. The Bertz CT molecular complexity index is 1300. The number of rotatable bonds is 13. The van der Waals surface area contributed by atoms with E-state index in [2.05, 4.69) is 5.32 Å². The normalized spacial score (nSPS) is 12.3.